The molecule has 2 rings (SSSR count). The molecule has 0 saturated heterocycles. The highest BCUT2D eigenvalue weighted by atomic mass is 19.4. The first-order chi connectivity index (χ1) is 7.39. The third-order valence-corrected chi connectivity index (χ3v) is 2.58. The number of pyridine rings is 1. The van der Waals surface area contributed by atoms with Crippen molar-refractivity contribution in [2.24, 2.45) is 5.92 Å². The van der Waals surface area contributed by atoms with Gasteiger partial charge in [-0.1, -0.05) is 0 Å². The molecule has 1 aromatic heterocycles. The molecule has 0 amide bonds. The number of rotatable bonds is 2. The zero-order chi connectivity index (χ0) is 11.9. The zero-order valence-corrected chi connectivity index (χ0v) is 8.29. The van der Waals surface area contributed by atoms with Crippen molar-refractivity contribution in [3.63, 3.8) is 0 Å². The van der Waals surface area contributed by atoms with Crippen LogP contribution >= 0.6 is 0 Å². The van der Waals surface area contributed by atoms with Crippen molar-refractivity contribution in [2.45, 2.75) is 25.6 Å². The summed E-state index contributed by atoms with van der Waals surface area (Å²) in [5.41, 5.74) is -2.64. The van der Waals surface area contributed by atoms with E-state index in [0.717, 1.165) is 23.5 Å². The van der Waals surface area contributed by atoms with Crippen molar-refractivity contribution in [1.82, 2.24) is 4.57 Å². The molecular weight excluding hydrogens is 223 g/mol. The Morgan fingerprint density at radius 1 is 1.44 bits per heavy atom. The van der Waals surface area contributed by atoms with E-state index < -0.39 is 23.0 Å². The molecule has 0 unspecified atom stereocenters. The number of nitrogens with zero attached hydrogens (tertiary/aromatic N) is 1. The van der Waals surface area contributed by atoms with Crippen LogP contribution in [0.25, 0.3) is 0 Å². The largest absolute Gasteiger partial charge is 0.507 e. The first kappa shape index (κ1) is 11.0. The van der Waals surface area contributed by atoms with Gasteiger partial charge in [0, 0.05) is 12.7 Å². The van der Waals surface area contributed by atoms with E-state index in [-0.39, 0.29) is 0 Å². The summed E-state index contributed by atoms with van der Waals surface area (Å²) in [4.78, 5) is 11.5. The summed E-state index contributed by atoms with van der Waals surface area (Å²) < 4.78 is 38.4. The van der Waals surface area contributed by atoms with Gasteiger partial charge < -0.3 is 9.67 Å². The lowest BCUT2D eigenvalue weighted by atomic mass is 10.2. The normalized spacial score (nSPS) is 16.4. The third kappa shape index (κ3) is 2.05. The van der Waals surface area contributed by atoms with E-state index in [1.807, 2.05) is 0 Å². The van der Waals surface area contributed by atoms with Crippen LogP contribution < -0.4 is 5.56 Å². The number of aromatic hydroxyl groups is 1. The minimum atomic E-state index is -4.81. The minimum Gasteiger partial charge on any atom is -0.507 e. The van der Waals surface area contributed by atoms with Crippen LogP contribution in [0.2, 0.25) is 0 Å². The Morgan fingerprint density at radius 3 is 2.56 bits per heavy atom. The average molecular weight is 233 g/mol. The number of hydrogen-bond donors (Lipinski definition) is 1. The van der Waals surface area contributed by atoms with Gasteiger partial charge in [0.1, 0.15) is 5.75 Å². The van der Waals surface area contributed by atoms with Gasteiger partial charge in [-0.15, -0.1) is 0 Å². The van der Waals surface area contributed by atoms with Crippen LogP contribution in [0.5, 0.6) is 5.75 Å². The number of alkyl halides is 3. The van der Waals surface area contributed by atoms with Gasteiger partial charge in [0.2, 0.25) is 0 Å². The first-order valence-electron chi connectivity index (χ1n) is 4.89. The second kappa shape index (κ2) is 3.54. The molecule has 1 N–H and O–H groups in total. The maximum Gasteiger partial charge on any atom is 0.425 e. The van der Waals surface area contributed by atoms with Crippen molar-refractivity contribution in [2.75, 3.05) is 0 Å². The maximum absolute atomic E-state index is 12.5. The summed E-state index contributed by atoms with van der Waals surface area (Å²) in [6.07, 6.45) is -1.73. The summed E-state index contributed by atoms with van der Waals surface area (Å²) in [6.45, 7) is 0.294. The highest BCUT2D eigenvalue weighted by Gasteiger charge is 2.38. The quantitative estimate of drug-likeness (QED) is 0.848. The molecule has 0 spiro atoms. The number of aromatic nitrogens is 1. The molecule has 6 heteroatoms. The molecule has 0 aromatic carbocycles. The monoisotopic (exact) mass is 233 g/mol. The fraction of sp³-hybridized carbons (Fsp3) is 0.500. The molecule has 0 bridgehead atoms. The Balaban J connectivity index is 2.46. The Kier molecular flexibility index (Phi) is 2.44. The molecule has 88 valence electrons. The van der Waals surface area contributed by atoms with Gasteiger partial charge >= 0.3 is 6.18 Å². The Labute approximate surface area is 89.1 Å². The molecular formula is C10H10F3NO2. The van der Waals surface area contributed by atoms with Crippen LogP contribution in [0.15, 0.2) is 17.1 Å². The first-order valence-corrected chi connectivity index (χ1v) is 4.89. The van der Waals surface area contributed by atoms with Crippen LogP contribution in [0.1, 0.15) is 18.4 Å². The molecule has 0 aliphatic heterocycles. The van der Waals surface area contributed by atoms with Crippen LogP contribution in [0, 0.1) is 5.92 Å². The predicted molar refractivity (Wildman–Crippen MR) is 50.1 cm³/mol. The molecule has 1 fully saturated rings. The standard InChI is InChI=1S/C10H10F3NO2/c11-10(12,13)8-7(15)3-4-14(9(8)16)5-6-1-2-6/h3-4,6,15H,1-2,5H2. The minimum absolute atomic E-state index is 0.294. The van der Waals surface area contributed by atoms with E-state index >= 15 is 0 Å². The molecule has 1 aromatic rings. The van der Waals surface area contributed by atoms with Crippen molar-refractivity contribution in [3.05, 3.63) is 28.2 Å². The van der Waals surface area contributed by atoms with Gasteiger partial charge in [-0.25, -0.2) is 0 Å². The fourth-order valence-corrected chi connectivity index (χ4v) is 1.55. The van der Waals surface area contributed by atoms with Gasteiger partial charge in [0.25, 0.3) is 5.56 Å². The smallest absolute Gasteiger partial charge is 0.425 e. The summed E-state index contributed by atoms with van der Waals surface area (Å²) in [5.74, 6) is -0.715. The Hall–Kier alpha value is -1.46. The molecule has 1 saturated carbocycles. The summed E-state index contributed by atoms with van der Waals surface area (Å²) >= 11 is 0. The van der Waals surface area contributed by atoms with E-state index in [9.17, 15) is 18.0 Å². The maximum atomic E-state index is 12.5. The lowest BCUT2D eigenvalue weighted by Crippen LogP contribution is -2.28. The molecule has 1 heterocycles. The molecule has 0 atom stereocenters. The van der Waals surface area contributed by atoms with E-state index in [1.54, 1.807) is 0 Å². The highest BCUT2D eigenvalue weighted by Crippen LogP contribution is 2.34. The second-order valence-electron chi connectivity index (χ2n) is 3.97. The van der Waals surface area contributed by atoms with Gasteiger partial charge in [0.05, 0.1) is 0 Å². The Morgan fingerprint density at radius 2 is 2.06 bits per heavy atom. The lowest BCUT2D eigenvalue weighted by molar-refractivity contribution is -0.140. The predicted octanol–water partition coefficient (Wildman–Crippen LogP) is 1.98. The Bertz CT molecular complexity index is 460. The van der Waals surface area contributed by atoms with E-state index in [4.69, 9.17) is 5.11 Å². The number of halogens is 3. The van der Waals surface area contributed by atoms with Crippen molar-refractivity contribution in [1.29, 1.82) is 0 Å². The topological polar surface area (TPSA) is 42.2 Å². The molecule has 16 heavy (non-hydrogen) atoms. The number of hydrogen-bond acceptors (Lipinski definition) is 2. The lowest BCUT2D eigenvalue weighted by Gasteiger charge is -2.11. The third-order valence-electron chi connectivity index (χ3n) is 2.58. The highest BCUT2D eigenvalue weighted by molar-refractivity contribution is 5.31. The van der Waals surface area contributed by atoms with Crippen LogP contribution in [-0.4, -0.2) is 9.67 Å². The average Bonchev–Trinajstić information content (AvgIpc) is 2.91. The summed E-state index contributed by atoms with van der Waals surface area (Å²) in [5, 5.41) is 9.07. The van der Waals surface area contributed by atoms with Gasteiger partial charge in [-0.05, 0) is 24.8 Å². The van der Waals surface area contributed by atoms with Crippen LogP contribution in [-0.2, 0) is 12.7 Å². The van der Waals surface area contributed by atoms with Crippen molar-refractivity contribution in [3.8, 4) is 5.75 Å². The van der Waals surface area contributed by atoms with Crippen molar-refractivity contribution >= 4 is 0 Å². The SMILES string of the molecule is O=c1c(C(F)(F)F)c(O)ccn1CC1CC1. The zero-order valence-electron chi connectivity index (χ0n) is 8.29. The second-order valence-corrected chi connectivity index (χ2v) is 3.97. The van der Waals surface area contributed by atoms with Gasteiger partial charge in [-0.3, -0.25) is 4.79 Å². The molecule has 0 radical (unpaired) electrons. The van der Waals surface area contributed by atoms with Gasteiger partial charge in [-0.2, -0.15) is 13.2 Å². The van der Waals surface area contributed by atoms with E-state index in [1.165, 1.54) is 6.20 Å². The fourth-order valence-electron chi connectivity index (χ4n) is 1.55. The molecule has 3 nitrogen and oxygen atoms in total. The summed E-state index contributed by atoms with van der Waals surface area (Å²) in [7, 11) is 0. The van der Waals surface area contributed by atoms with Crippen LogP contribution in [0.4, 0.5) is 13.2 Å². The van der Waals surface area contributed by atoms with Crippen LogP contribution in [0.3, 0.4) is 0 Å². The summed E-state index contributed by atoms with van der Waals surface area (Å²) in [6, 6.07) is 0.909. The molecule has 1 aliphatic rings. The van der Waals surface area contributed by atoms with E-state index in [0.29, 0.717) is 12.5 Å². The van der Waals surface area contributed by atoms with Crippen molar-refractivity contribution < 1.29 is 18.3 Å². The van der Waals surface area contributed by atoms with E-state index in [2.05, 4.69) is 0 Å². The molecule has 1 aliphatic carbocycles. The van der Waals surface area contributed by atoms with Gasteiger partial charge in [0.15, 0.2) is 5.56 Å².